The summed E-state index contributed by atoms with van der Waals surface area (Å²) >= 11 is 1.64. The zero-order chi connectivity index (χ0) is 18.1. The van der Waals surface area contributed by atoms with Gasteiger partial charge >= 0.3 is 0 Å². The molecule has 0 fully saturated rings. The van der Waals surface area contributed by atoms with Crippen molar-refractivity contribution in [3.05, 3.63) is 58.9 Å². The Balaban J connectivity index is 1.54. The van der Waals surface area contributed by atoms with Crippen molar-refractivity contribution in [2.45, 2.75) is 13.0 Å². The Bertz CT molecular complexity index is 1070. The van der Waals surface area contributed by atoms with Gasteiger partial charge in [-0.3, -0.25) is 4.68 Å². The first kappa shape index (κ1) is 16.3. The topological polar surface area (TPSA) is 134 Å². The SMILES string of the molecule is NNc1nc(N)cc(Cc2cnn(Cc3ccc4ncsc4c3)c2)c1N. The number of benzene rings is 1. The standard InChI is InChI=1S/C17H18N8S/c18-15-5-12(16(19)17(23-15)24-20)3-11-6-22-25(8-11)7-10-1-2-13-14(4-10)26-9-21-13/h1-2,4-6,8-9H,3,7,19-20H2,(H3,18,23,24). The fourth-order valence-electron chi connectivity index (χ4n) is 2.88. The number of nitrogen functional groups attached to an aromatic ring is 3. The van der Waals surface area contributed by atoms with Crippen LogP contribution in [0.2, 0.25) is 0 Å². The summed E-state index contributed by atoms with van der Waals surface area (Å²) in [6.45, 7) is 0.692. The van der Waals surface area contributed by atoms with Crippen LogP contribution in [0.1, 0.15) is 16.7 Å². The average Bonchev–Trinajstić information content (AvgIpc) is 3.26. The Morgan fingerprint density at radius 2 is 2.04 bits per heavy atom. The van der Waals surface area contributed by atoms with E-state index in [2.05, 4.69) is 32.6 Å². The van der Waals surface area contributed by atoms with E-state index in [1.165, 1.54) is 10.3 Å². The van der Waals surface area contributed by atoms with Crippen LogP contribution < -0.4 is 22.7 Å². The monoisotopic (exact) mass is 366 g/mol. The summed E-state index contributed by atoms with van der Waals surface area (Å²) in [5, 5.41) is 4.45. The molecule has 0 spiro atoms. The van der Waals surface area contributed by atoms with Crippen LogP contribution in [0.4, 0.5) is 17.3 Å². The number of aromatic nitrogens is 4. The van der Waals surface area contributed by atoms with Gasteiger partial charge in [-0.15, -0.1) is 11.3 Å². The molecule has 8 nitrogen and oxygen atoms in total. The van der Waals surface area contributed by atoms with Gasteiger partial charge in [0.25, 0.3) is 0 Å². The molecule has 4 rings (SSSR count). The highest BCUT2D eigenvalue weighted by atomic mass is 32.1. The van der Waals surface area contributed by atoms with E-state index in [-0.39, 0.29) is 0 Å². The first-order valence-corrected chi connectivity index (χ1v) is 8.85. The lowest BCUT2D eigenvalue weighted by molar-refractivity contribution is 0.687. The molecule has 0 aliphatic rings. The van der Waals surface area contributed by atoms with Crippen molar-refractivity contribution in [2.24, 2.45) is 5.84 Å². The molecular weight excluding hydrogens is 348 g/mol. The van der Waals surface area contributed by atoms with E-state index < -0.39 is 0 Å². The van der Waals surface area contributed by atoms with Crippen molar-refractivity contribution in [1.82, 2.24) is 19.7 Å². The second kappa shape index (κ2) is 6.62. The Morgan fingerprint density at radius 1 is 1.15 bits per heavy atom. The molecule has 0 saturated heterocycles. The lowest BCUT2D eigenvalue weighted by Gasteiger charge is -2.10. The zero-order valence-corrected chi connectivity index (χ0v) is 14.7. The Morgan fingerprint density at radius 3 is 2.88 bits per heavy atom. The normalized spacial score (nSPS) is 11.1. The van der Waals surface area contributed by atoms with Gasteiger partial charge in [-0.05, 0) is 34.9 Å². The van der Waals surface area contributed by atoms with E-state index in [0.717, 1.165) is 16.6 Å². The molecule has 9 heteroatoms. The van der Waals surface area contributed by atoms with Crippen molar-refractivity contribution < 1.29 is 0 Å². The second-order valence-corrected chi connectivity index (χ2v) is 6.88. The number of nitrogens with two attached hydrogens (primary N) is 3. The summed E-state index contributed by atoms with van der Waals surface area (Å²) < 4.78 is 3.08. The maximum Gasteiger partial charge on any atom is 0.165 e. The van der Waals surface area contributed by atoms with E-state index in [1.807, 2.05) is 28.7 Å². The maximum atomic E-state index is 6.09. The van der Waals surface area contributed by atoms with Gasteiger partial charge in [0, 0.05) is 12.6 Å². The van der Waals surface area contributed by atoms with Gasteiger partial charge in [0.05, 0.1) is 34.2 Å². The summed E-state index contributed by atoms with van der Waals surface area (Å²) in [7, 11) is 0. The summed E-state index contributed by atoms with van der Waals surface area (Å²) in [5.41, 5.74) is 20.8. The summed E-state index contributed by atoms with van der Waals surface area (Å²) in [6, 6.07) is 8.01. The molecule has 26 heavy (non-hydrogen) atoms. The van der Waals surface area contributed by atoms with Crippen LogP contribution in [0.25, 0.3) is 10.2 Å². The van der Waals surface area contributed by atoms with Gasteiger partial charge in [0.1, 0.15) is 5.82 Å². The van der Waals surface area contributed by atoms with E-state index >= 15 is 0 Å². The molecule has 0 unspecified atom stereocenters. The number of nitrogens with one attached hydrogen (secondary N) is 1. The highest BCUT2D eigenvalue weighted by Crippen LogP contribution is 2.25. The minimum atomic E-state index is 0.368. The summed E-state index contributed by atoms with van der Waals surface area (Å²) in [4.78, 5) is 8.37. The van der Waals surface area contributed by atoms with Crippen LogP contribution in [-0.4, -0.2) is 19.7 Å². The number of hydrogen-bond donors (Lipinski definition) is 4. The molecular formula is C17H18N8S. The molecule has 0 atom stereocenters. The largest absolute Gasteiger partial charge is 0.395 e. The molecule has 7 N–H and O–H groups in total. The van der Waals surface area contributed by atoms with Crippen LogP contribution in [0, 0.1) is 0 Å². The molecule has 0 radical (unpaired) electrons. The highest BCUT2D eigenvalue weighted by Gasteiger charge is 2.10. The van der Waals surface area contributed by atoms with Crippen molar-refractivity contribution in [3.8, 4) is 0 Å². The lowest BCUT2D eigenvalue weighted by Crippen LogP contribution is -2.13. The highest BCUT2D eigenvalue weighted by molar-refractivity contribution is 7.16. The number of hydrogen-bond acceptors (Lipinski definition) is 8. The second-order valence-electron chi connectivity index (χ2n) is 5.99. The predicted octanol–water partition coefficient (Wildman–Crippen LogP) is 1.98. The molecule has 0 aliphatic carbocycles. The van der Waals surface area contributed by atoms with Crippen molar-refractivity contribution in [2.75, 3.05) is 16.9 Å². The van der Waals surface area contributed by atoms with Gasteiger partial charge in [0.2, 0.25) is 0 Å². The third kappa shape index (κ3) is 3.17. The van der Waals surface area contributed by atoms with Gasteiger partial charge in [-0.2, -0.15) is 5.10 Å². The molecule has 1 aromatic carbocycles. The molecule has 3 heterocycles. The minimum absolute atomic E-state index is 0.368. The predicted molar refractivity (Wildman–Crippen MR) is 105 cm³/mol. The van der Waals surface area contributed by atoms with Crippen molar-refractivity contribution >= 4 is 38.9 Å². The average molecular weight is 366 g/mol. The summed E-state index contributed by atoms with van der Waals surface area (Å²) in [5.74, 6) is 6.18. The van der Waals surface area contributed by atoms with Crippen LogP contribution in [0.15, 0.2) is 42.2 Å². The van der Waals surface area contributed by atoms with Gasteiger partial charge in [-0.25, -0.2) is 15.8 Å². The van der Waals surface area contributed by atoms with Crippen LogP contribution in [0.5, 0.6) is 0 Å². The fraction of sp³-hybridized carbons (Fsp3) is 0.118. The molecule has 4 aromatic rings. The third-order valence-electron chi connectivity index (χ3n) is 4.12. The first-order valence-electron chi connectivity index (χ1n) is 7.97. The number of fused-ring (bicyclic) bond motifs is 1. The number of pyridine rings is 1. The molecule has 132 valence electrons. The van der Waals surface area contributed by atoms with Crippen molar-refractivity contribution in [3.63, 3.8) is 0 Å². The maximum absolute atomic E-state index is 6.09. The lowest BCUT2D eigenvalue weighted by atomic mass is 10.1. The number of thiazole rings is 1. The molecule has 0 bridgehead atoms. The van der Waals surface area contributed by atoms with E-state index in [1.54, 1.807) is 17.4 Å². The number of hydrazine groups is 1. The zero-order valence-electron chi connectivity index (χ0n) is 13.9. The minimum Gasteiger partial charge on any atom is -0.395 e. The summed E-state index contributed by atoms with van der Waals surface area (Å²) in [6.07, 6.45) is 4.43. The Hall–Kier alpha value is -3.17. The Labute approximate surface area is 153 Å². The number of anilines is 3. The van der Waals surface area contributed by atoms with E-state index in [4.69, 9.17) is 17.3 Å². The fourth-order valence-corrected chi connectivity index (χ4v) is 3.62. The molecule has 0 saturated carbocycles. The van der Waals surface area contributed by atoms with E-state index in [0.29, 0.717) is 30.3 Å². The number of rotatable bonds is 5. The van der Waals surface area contributed by atoms with Gasteiger partial charge in [-0.1, -0.05) is 6.07 Å². The molecule has 0 aliphatic heterocycles. The Kier molecular flexibility index (Phi) is 4.15. The van der Waals surface area contributed by atoms with Gasteiger partial charge in [0.15, 0.2) is 5.82 Å². The van der Waals surface area contributed by atoms with Crippen molar-refractivity contribution in [1.29, 1.82) is 0 Å². The number of nitrogens with zero attached hydrogens (tertiary/aromatic N) is 4. The third-order valence-corrected chi connectivity index (χ3v) is 4.91. The van der Waals surface area contributed by atoms with Crippen LogP contribution in [0.3, 0.4) is 0 Å². The smallest absolute Gasteiger partial charge is 0.165 e. The molecule has 0 amide bonds. The first-order chi connectivity index (χ1) is 12.6. The van der Waals surface area contributed by atoms with E-state index in [9.17, 15) is 0 Å². The van der Waals surface area contributed by atoms with Gasteiger partial charge < -0.3 is 16.9 Å². The van der Waals surface area contributed by atoms with Crippen LogP contribution >= 0.6 is 11.3 Å². The quantitative estimate of drug-likeness (QED) is 0.313. The van der Waals surface area contributed by atoms with Crippen LogP contribution in [-0.2, 0) is 13.0 Å². The molecule has 3 aromatic heterocycles.